The van der Waals surface area contributed by atoms with Gasteiger partial charge in [-0.15, -0.1) is 0 Å². The molecule has 1 saturated heterocycles. The lowest BCUT2D eigenvalue weighted by Crippen LogP contribution is -2.54. The Balaban J connectivity index is 1.69. The maximum atomic E-state index is 13.5. The molecule has 32 heavy (non-hydrogen) atoms. The third kappa shape index (κ3) is 4.28. The van der Waals surface area contributed by atoms with Gasteiger partial charge in [-0.1, -0.05) is 30.3 Å². The minimum absolute atomic E-state index is 0.0528. The smallest absolute Gasteiger partial charge is 0.274 e. The molecule has 1 aliphatic heterocycles. The van der Waals surface area contributed by atoms with Gasteiger partial charge in [0.2, 0.25) is 5.91 Å². The molecule has 7 nitrogen and oxygen atoms in total. The van der Waals surface area contributed by atoms with Gasteiger partial charge in [0, 0.05) is 58.4 Å². The van der Waals surface area contributed by atoms with Crippen LogP contribution < -0.4 is 0 Å². The van der Waals surface area contributed by atoms with Crippen molar-refractivity contribution in [3.63, 3.8) is 0 Å². The lowest BCUT2D eigenvalue weighted by atomic mass is 9.73. The molecule has 1 fully saturated rings. The van der Waals surface area contributed by atoms with Crippen molar-refractivity contribution in [2.75, 3.05) is 27.2 Å². The largest absolute Gasteiger partial charge is 0.348 e. The first kappa shape index (κ1) is 21.7. The Bertz CT molecular complexity index is 1110. The van der Waals surface area contributed by atoms with Crippen molar-refractivity contribution in [2.24, 2.45) is 12.5 Å². The van der Waals surface area contributed by atoms with Crippen LogP contribution in [0, 0.1) is 5.41 Å². The Kier molecular flexibility index (Phi) is 6.08. The van der Waals surface area contributed by atoms with E-state index in [2.05, 4.69) is 22.2 Å². The number of hydrogen-bond donors (Lipinski definition) is 0. The van der Waals surface area contributed by atoms with E-state index in [0.29, 0.717) is 25.2 Å². The van der Waals surface area contributed by atoms with Crippen molar-refractivity contribution in [3.8, 4) is 11.1 Å². The van der Waals surface area contributed by atoms with Crippen molar-refractivity contribution >= 4 is 11.8 Å². The number of likely N-dealkylation sites (tertiary alicyclic amines) is 1. The summed E-state index contributed by atoms with van der Waals surface area (Å²) in [6, 6.07) is 13.8. The second-order valence-electron chi connectivity index (χ2n) is 8.76. The number of nitrogens with zero attached hydrogens (tertiary/aromatic N) is 5. The van der Waals surface area contributed by atoms with E-state index in [9.17, 15) is 9.59 Å². The van der Waals surface area contributed by atoms with Crippen LogP contribution in [0.2, 0.25) is 0 Å². The van der Waals surface area contributed by atoms with Crippen LogP contribution in [-0.4, -0.2) is 63.6 Å². The number of amides is 2. The quantitative estimate of drug-likeness (QED) is 0.623. The molecule has 0 aliphatic carbocycles. The molecule has 2 amide bonds. The van der Waals surface area contributed by atoms with Gasteiger partial charge >= 0.3 is 0 Å². The molecule has 1 atom stereocenters. The average molecular weight is 432 g/mol. The van der Waals surface area contributed by atoms with Gasteiger partial charge in [0.25, 0.3) is 5.91 Å². The van der Waals surface area contributed by atoms with Crippen molar-refractivity contribution in [2.45, 2.75) is 19.3 Å². The number of aryl methyl sites for hydroxylation is 1. The van der Waals surface area contributed by atoms with E-state index < -0.39 is 5.41 Å². The SMILES string of the molecule is CN(C)C(=O)[C@@]1(Cc2ccccc2-c2cccnc2)CCCN(C(=O)c2ccn(C)n2)C1. The molecule has 0 spiro atoms. The Morgan fingerprint density at radius 1 is 1.12 bits per heavy atom. The second kappa shape index (κ2) is 8.94. The molecule has 0 saturated carbocycles. The summed E-state index contributed by atoms with van der Waals surface area (Å²) >= 11 is 0. The van der Waals surface area contributed by atoms with E-state index in [1.165, 1.54) is 0 Å². The molecule has 166 valence electrons. The van der Waals surface area contributed by atoms with Gasteiger partial charge in [-0.05, 0) is 42.5 Å². The number of benzene rings is 1. The molecule has 0 radical (unpaired) electrons. The molecule has 3 heterocycles. The highest BCUT2D eigenvalue weighted by molar-refractivity contribution is 5.93. The van der Waals surface area contributed by atoms with Crippen LogP contribution in [0.4, 0.5) is 0 Å². The number of pyridine rings is 1. The molecular formula is C25H29N5O2. The van der Waals surface area contributed by atoms with Crippen molar-refractivity contribution in [1.82, 2.24) is 24.6 Å². The highest BCUT2D eigenvalue weighted by Gasteiger charge is 2.45. The summed E-state index contributed by atoms with van der Waals surface area (Å²) in [6.07, 6.45) is 7.42. The topological polar surface area (TPSA) is 71.3 Å². The molecule has 0 unspecified atom stereocenters. The van der Waals surface area contributed by atoms with Gasteiger partial charge in [0.05, 0.1) is 5.41 Å². The fraction of sp³-hybridized carbons (Fsp3) is 0.360. The van der Waals surface area contributed by atoms with Crippen LogP contribution in [0.1, 0.15) is 28.9 Å². The first-order valence-corrected chi connectivity index (χ1v) is 10.9. The highest BCUT2D eigenvalue weighted by Crippen LogP contribution is 2.38. The molecule has 3 aromatic rings. The minimum Gasteiger partial charge on any atom is -0.348 e. The van der Waals surface area contributed by atoms with Gasteiger partial charge in [-0.2, -0.15) is 5.10 Å². The second-order valence-corrected chi connectivity index (χ2v) is 8.76. The third-order valence-electron chi connectivity index (χ3n) is 6.18. The van der Waals surface area contributed by atoms with E-state index >= 15 is 0 Å². The summed E-state index contributed by atoms with van der Waals surface area (Å²) in [7, 11) is 5.37. The van der Waals surface area contributed by atoms with Crippen LogP contribution in [0.15, 0.2) is 61.1 Å². The van der Waals surface area contributed by atoms with Crippen molar-refractivity contribution in [3.05, 3.63) is 72.3 Å². The fourth-order valence-electron chi connectivity index (χ4n) is 4.71. The Morgan fingerprint density at radius 3 is 2.62 bits per heavy atom. The Hall–Kier alpha value is -3.48. The molecule has 0 N–H and O–H groups in total. The standard InChI is InChI=1S/C25H29N5O2/c1-28(2)24(32)25(12-7-14-30(18-25)23(31)22-11-15-29(3)27-22)16-19-8-4-5-10-21(19)20-9-6-13-26-17-20/h4-6,8-11,13,15,17H,7,12,14,16,18H2,1-3H3/t25-/m1/s1. The molecule has 7 heteroatoms. The molecule has 0 bridgehead atoms. The van der Waals surface area contributed by atoms with Crippen molar-refractivity contribution in [1.29, 1.82) is 0 Å². The van der Waals surface area contributed by atoms with Gasteiger partial charge < -0.3 is 9.80 Å². The zero-order valence-electron chi connectivity index (χ0n) is 18.9. The van der Waals surface area contributed by atoms with Gasteiger partial charge in [0.15, 0.2) is 0 Å². The lowest BCUT2D eigenvalue weighted by molar-refractivity contribution is -0.142. The summed E-state index contributed by atoms with van der Waals surface area (Å²) in [5, 5.41) is 4.27. The number of hydrogen-bond acceptors (Lipinski definition) is 4. The van der Waals surface area contributed by atoms with E-state index in [1.54, 1.807) is 54.1 Å². The van der Waals surface area contributed by atoms with Crippen LogP contribution >= 0.6 is 0 Å². The van der Waals surface area contributed by atoms with Crippen molar-refractivity contribution < 1.29 is 9.59 Å². The van der Waals surface area contributed by atoms with E-state index in [-0.39, 0.29) is 11.8 Å². The number of aromatic nitrogens is 3. The molecular weight excluding hydrogens is 402 g/mol. The average Bonchev–Trinajstić information content (AvgIpc) is 3.25. The fourth-order valence-corrected chi connectivity index (χ4v) is 4.71. The maximum absolute atomic E-state index is 13.5. The van der Waals surface area contributed by atoms with Gasteiger partial charge in [0.1, 0.15) is 5.69 Å². The number of carbonyl (C=O) groups is 2. The summed E-state index contributed by atoms with van der Waals surface area (Å²) in [5.74, 6) is -0.0706. The highest BCUT2D eigenvalue weighted by atomic mass is 16.2. The third-order valence-corrected chi connectivity index (χ3v) is 6.18. The zero-order valence-corrected chi connectivity index (χ0v) is 18.9. The van der Waals surface area contributed by atoms with Gasteiger partial charge in [-0.3, -0.25) is 19.3 Å². The van der Waals surface area contributed by atoms with E-state index in [4.69, 9.17) is 0 Å². The normalized spacial score (nSPS) is 18.4. The summed E-state index contributed by atoms with van der Waals surface area (Å²) in [4.78, 5) is 34.4. The number of piperidine rings is 1. The van der Waals surface area contributed by atoms with Crippen LogP contribution in [0.25, 0.3) is 11.1 Å². The van der Waals surface area contributed by atoms with Crippen LogP contribution in [-0.2, 0) is 18.3 Å². The molecule has 1 aromatic carbocycles. The Labute approximate surface area is 188 Å². The summed E-state index contributed by atoms with van der Waals surface area (Å²) in [5.41, 5.74) is 2.90. The molecule has 4 rings (SSSR count). The number of carbonyl (C=O) groups excluding carboxylic acids is 2. The molecule has 1 aliphatic rings. The minimum atomic E-state index is -0.690. The predicted molar refractivity (Wildman–Crippen MR) is 123 cm³/mol. The van der Waals surface area contributed by atoms with Crippen LogP contribution in [0.5, 0.6) is 0 Å². The number of rotatable bonds is 5. The lowest BCUT2D eigenvalue weighted by Gasteiger charge is -2.43. The van der Waals surface area contributed by atoms with E-state index in [0.717, 1.165) is 29.5 Å². The van der Waals surface area contributed by atoms with E-state index in [1.807, 2.05) is 30.5 Å². The van der Waals surface area contributed by atoms with Gasteiger partial charge in [-0.25, -0.2) is 0 Å². The first-order chi connectivity index (χ1) is 15.4. The first-order valence-electron chi connectivity index (χ1n) is 10.9. The maximum Gasteiger partial charge on any atom is 0.274 e. The Morgan fingerprint density at radius 2 is 1.94 bits per heavy atom. The monoisotopic (exact) mass is 431 g/mol. The molecule has 2 aromatic heterocycles. The van der Waals surface area contributed by atoms with Crippen LogP contribution in [0.3, 0.4) is 0 Å². The summed E-state index contributed by atoms with van der Waals surface area (Å²) < 4.78 is 1.62. The summed E-state index contributed by atoms with van der Waals surface area (Å²) in [6.45, 7) is 1.00. The predicted octanol–water partition coefficient (Wildman–Crippen LogP) is 3.04. The zero-order chi connectivity index (χ0) is 22.7.